The molecule has 0 saturated heterocycles. The minimum atomic E-state index is -0.488. The number of anilines is 2. The molecular formula is C33H24BrFN4O3S2. The molecule has 220 valence electrons. The topological polar surface area (TPSA) is 100 Å². The molecule has 3 N–H and O–H groups in total. The molecule has 44 heavy (non-hydrogen) atoms. The Labute approximate surface area is 269 Å². The standard InChI is InChI=1S/C33H24BrFN4O3S2/c34-24-8-4-5-21(17-24)18-28(37-31(41)23-6-2-1-3-7-23)32(42)36-26-13-15-27(16-14-26)43-20-30(40)39-33-38-29(19-44-33)22-9-11-25(35)12-10-22/h1-19H,20H2,(H,36,42)(H,37,41)(H,38,39,40)/b28-18-. The van der Waals surface area contributed by atoms with Crippen LogP contribution in [0.1, 0.15) is 15.9 Å². The quantitative estimate of drug-likeness (QED) is 0.103. The van der Waals surface area contributed by atoms with Crippen molar-refractivity contribution < 1.29 is 18.8 Å². The molecule has 0 aliphatic rings. The summed E-state index contributed by atoms with van der Waals surface area (Å²) in [5.74, 6) is -1.28. The maximum atomic E-state index is 13.3. The highest BCUT2D eigenvalue weighted by molar-refractivity contribution is 9.10. The molecule has 0 bridgehead atoms. The second kappa shape index (κ2) is 14.7. The van der Waals surface area contributed by atoms with Crippen molar-refractivity contribution >= 4 is 73.6 Å². The van der Waals surface area contributed by atoms with Crippen molar-refractivity contribution in [2.24, 2.45) is 0 Å². The van der Waals surface area contributed by atoms with E-state index < -0.39 is 11.8 Å². The SMILES string of the molecule is O=C(CSc1ccc(NC(=O)/C(=C/c2cccc(Br)c2)NC(=O)c2ccccc2)cc1)Nc1nc(-c2ccc(F)cc2)cs1. The van der Waals surface area contributed by atoms with Gasteiger partial charge in [-0.25, -0.2) is 9.37 Å². The van der Waals surface area contributed by atoms with Gasteiger partial charge in [-0.15, -0.1) is 23.1 Å². The Balaban J connectivity index is 1.18. The molecule has 11 heteroatoms. The Morgan fingerprint density at radius 3 is 2.36 bits per heavy atom. The van der Waals surface area contributed by atoms with Crippen molar-refractivity contribution in [3.05, 3.63) is 136 Å². The smallest absolute Gasteiger partial charge is 0.272 e. The summed E-state index contributed by atoms with van der Waals surface area (Å²) in [6.07, 6.45) is 1.61. The Morgan fingerprint density at radius 2 is 1.64 bits per heavy atom. The maximum Gasteiger partial charge on any atom is 0.272 e. The van der Waals surface area contributed by atoms with E-state index >= 15 is 0 Å². The summed E-state index contributed by atoms with van der Waals surface area (Å²) < 4.78 is 14.0. The number of rotatable bonds is 10. The van der Waals surface area contributed by atoms with E-state index in [0.29, 0.717) is 22.1 Å². The van der Waals surface area contributed by atoms with Crippen LogP contribution in [0.2, 0.25) is 0 Å². The second-order valence-corrected chi connectivity index (χ2v) is 12.1. The molecule has 3 amide bonds. The number of nitrogens with one attached hydrogen (secondary N) is 3. The number of carbonyl (C=O) groups is 3. The summed E-state index contributed by atoms with van der Waals surface area (Å²) >= 11 is 6.06. The van der Waals surface area contributed by atoms with E-state index in [-0.39, 0.29) is 23.2 Å². The summed E-state index contributed by atoms with van der Waals surface area (Å²) in [5.41, 5.74) is 3.18. The van der Waals surface area contributed by atoms with Crippen molar-refractivity contribution in [2.45, 2.75) is 4.90 Å². The van der Waals surface area contributed by atoms with Crippen LogP contribution in [0, 0.1) is 5.82 Å². The zero-order valence-electron chi connectivity index (χ0n) is 22.9. The van der Waals surface area contributed by atoms with Gasteiger partial charge in [-0.2, -0.15) is 0 Å². The van der Waals surface area contributed by atoms with Crippen molar-refractivity contribution in [1.82, 2.24) is 10.3 Å². The molecule has 0 radical (unpaired) electrons. The van der Waals surface area contributed by atoms with E-state index in [1.54, 1.807) is 72.1 Å². The minimum Gasteiger partial charge on any atom is -0.321 e. The number of hydrogen-bond donors (Lipinski definition) is 3. The number of thioether (sulfide) groups is 1. The number of hydrogen-bond acceptors (Lipinski definition) is 6. The molecule has 0 unspecified atom stereocenters. The third-order valence-corrected chi connectivity index (χ3v) is 8.32. The van der Waals surface area contributed by atoms with Gasteiger partial charge in [0, 0.05) is 31.6 Å². The number of thiazole rings is 1. The molecule has 0 spiro atoms. The monoisotopic (exact) mass is 686 g/mol. The molecule has 0 saturated carbocycles. The first-order valence-electron chi connectivity index (χ1n) is 13.2. The summed E-state index contributed by atoms with van der Waals surface area (Å²) in [6.45, 7) is 0. The van der Waals surface area contributed by atoms with Gasteiger partial charge in [0.15, 0.2) is 5.13 Å². The zero-order valence-corrected chi connectivity index (χ0v) is 26.1. The van der Waals surface area contributed by atoms with Gasteiger partial charge in [-0.1, -0.05) is 46.3 Å². The van der Waals surface area contributed by atoms with Crippen molar-refractivity contribution in [3.63, 3.8) is 0 Å². The summed E-state index contributed by atoms with van der Waals surface area (Å²) in [5, 5.41) is 10.6. The molecule has 5 aromatic rings. The van der Waals surface area contributed by atoms with Crippen LogP contribution in [0.3, 0.4) is 0 Å². The molecule has 1 heterocycles. The number of amides is 3. The highest BCUT2D eigenvalue weighted by Crippen LogP contribution is 2.26. The van der Waals surface area contributed by atoms with Crippen LogP contribution in [0.15, 0.2) is 124 Å². The van der Waals surface area contributed by atoms with Crippen LogP contribution in [0.5, 0.6) is 0 Å². The summed E-state index contributed by atoms with van der Waals surface area (Å²) in [6, 6.07) is 29.1. The average Bonchev–Trinajstić information content (AvgIpc) is 3.49. The first-order valence-corrected chi connectivity index (χ1v) is 15.9. The molecule has 0 atom stereocenters. The van der Waals surface area contributed by atoms with Gasteiger partial charge in [0.2, 0.25) is 5.91 Å². The lowest BCUT2D eigenvalue weighted by Crippen LogP contribution is -2.30. The molecular weight excluding hydrogens is 663 g/mol. The van der Waals surface area contributed by atoms with Gasteiger partial charge >= 0.3 is 0 Å². The molecule has 4 aromatic carbocycles. The first kappa shape index (κ1) is 30.9. The third kappa shape index (κ3) is 8.73. The van der Waals surface area contributed by atoms with E-state index in [4.69, 9.17) is 0 Å². The van der Waals surface area contributed by atoms with Gasteiger partial charge < -0.3 is 16.0 Å². The van der Waals surface area contributed by atoms with Crippen LogP contribution >= 0.6 is 39.0 Å². The van der Waals surface area contributed by atoms with Gasteiger partial charge in [0.25, 0.3) is 11.8 Å². The lowest BCUT2D eigenvalue weighted by atomic mass is 10.1. The van der Waals surface area contributed by atoms with Crippen molar-refractivity contribution in [2.75, 3.05) is 16.4 Å². The Kier molecular flexibility index (Phi) is 10.3. The number of halogens is 2. The third-order valence-electron chi connectivity index (χ3n) is 6.06. The Bertz CT molecular complexity index is 1810. The predicted molar refractivity (Wildman–Crippen MR) is 178 cm³/mol. The lowest BCUT2D eigenvalue weighted by Gasteiger charge is -2.12. The number of carbonyl (C=O) groups excluding carboxylic acids is 3. The number of aromatic nitrogens is 1. The normalized spacial score (nSPS) is 11.1. The fraction of sp³-hybridized carbons (Fsp3) is 0.0303. The molecule has 5 rings (SSSR count). The highest BCUT2D eigenvalue weighted by atomic mass is 79.9. The van der Waals surface area contributed by atoms with Gasteiger partial charge in [-0.3, -0.25) is 14.4 Å². The number of benzene rings is 4. The van der Waals surface area contributed by atoms with Crippen LogP contribution in [0.4, 0.5) is 15.2 Å². The van der Waals surface area contributed by atoms with E-state index in [1.807, 2.05) is 30.3 Å². The summed E-state index contributed by atoms with van der Waals surface area (Å²) in [4.78, 5) is 43.8. The first-order chi connectivity index (χ1) is 21.3. The van der Waals surface area contributed by atoms with Crippen LogP contribution in [0.25, 0.3) is 17.3 Å². The second-order valence-electron chi connectivity index (χ2n) is 9.29. The lowest BCUT2D eigenvalue weighted by molar-refractivity contribution is -0.114. The summed E-state index contributed by atoms with van der Waals surface area (Å²) in [7, 11) is 0. The van der Waals surface area contributed by atoms with Gasteiger partial charge in [-0.05, 0) is 84.4 Å². The highest BCUT2D eigenvalue weighted by Gasteiger charge is 2.16. The van der Waals surface area contributed by atoms with E-state index in [0.717, 1.165) is 20.5 Å². The zero-order chi connectivity index (χ0) is 30.9. The fourth-order valence-corrected chi connectivity index (χ4v) is 5.78. The Hall–Kier alpha value is -4.58. The maximum absolute atomic E-state index is 13.3. The van der Waals surface area contributed by atoms with Crippen molar-refractivity contribution in [1.29, 1.82) is 0 Å². The average molecular weight is 688 g/mol. The van der Waals surface area contributed by atoms with Gasteiger partial charge in [0.05, 0.1) is 11.4 Å². The molecule has 7 nitrogen and oxygen atoms in total. The van der Waals surface area contributed by atoms with Crippen molar-refractivity contribution in [3.8, 4) is 11.3 Å². The molecule has 0 fully saturated rings. The largest absolute Gasteiger partial charge is 0.321 e. The fourth-order valence-electron chi connectivity index (χ4n) is 3.93. The Morgan fingerprint density at radius 1 is 0.886 bits per heavy atom. The molecule has 0 aliphatic heterocycles. The molecule has 1 aromatic heterocycles. The van der Waals surface area contributed by atoms with Crippen LogP contribution in [-0.4, -0.2) is 28.5 Å². The molecule has 0 aliphatic carbocycles. The van der Waals surface area contributed by atoms with E-state index in [1.165, 1.54) is 35.2 Å². The predicted octanol–water partition coefficient (Wildman–Crippen LogP) is 7.85. The van der Waals surface area contributed by atoms with Crippen LogP contribution in [-0.2, 0) is 9.59 Å². The van der Waals surface area contributed by atoms with E-state index in [9.17, 15) is 18.8 Å². The minimum absolute atomic E-state index is 0.0804. The van der Waals surface area contributed by atoms with E-state index in [2.05, 4.69) is 36.9 Å². The number of nitrogens with zero attached hydrogens (tertiary/aromatic N) is 1. The van der Waals surface area contributed by atoms with Gasteiger partial charge in [0.1, 0.15) is 11.5 Å². The van der Waals surface area contributed by atoms with Crippen LogP contribution < -0.4 is 16.0 Å².